The minimum atomic E-state index is -0.725. The molecule has 0 amide bonds. The van der Waals surface area contributed by atoms with Gasteiger partial charge in [0.1, 0.15) is 0 Å². The fourth-order valence-corrected chi connectivity index (χ4v) is 2.08. The third kappa shape index (κ3) is 5.29. The van der Waals surface area contributed by atoms with Crippen LogP contribution in [0.1, 0.15) is 17.5 Å². The summed E-state index contributed by atoms with van der Waals surface area (Å²) in [6, 6.07) is 7.50. The van der Waals surface area contributed by atoms with E-state index in [0.29, 0.717) is 12.1 Å². The summed E-state index contributed by atoms with van der Waals surface area (Å²) in [6.07, 6.45) is 2.60. The molecule has 0 spiro atoms. The molecule has 0 heterocycles. The van der Waals surface area contributed by atoms with Crippen molar-refractivity contribution in [2.75, 3.05) is 18.6 Å². The summed E-state index contributed by atoms with van der Waals surface area (Å²) in [4.78, 5) is 0. The largest absolute Gasteiger partial charge is 0.409 e. The maximum absolute atomic E-state index is 10.9. The summed E-state index contributed by atoms with van der Waals surface area (Å²) in [7, 11) is -0.725. The van der Waals surface area contributed by atoms with E-state index in [0.717, 1.165) is 24.3 Å². The van der Waals surface area contributed by atoms with Crippen molar-refractivity contribution >= 4 is 16.6 Å². The van der Waals surface area contributed by atoms with Crippen molar-refractivity contribution in [1.82, 2.24) is 5.32 Å². The number of nitrogens with zero attached hydrogens (tertiary/aromatic N) is 1. The quantitative estimate of drug-likeness (QED) is 0.223. The van der Waals surface area contributed by atoms with Gasteiger partial charge in [0.15, 0.2) is 5.84 Å². The number of amidine groups is 1. The van der Waals surface area contributed by atoms with E-state index >= 15 is 0 Å². The molecule has 1 rings (SSSR count). The Kier molecular flexibility index (Phi) is 6.38. The van der Waals surface area contributed by atoms with Crippen molar-refractivity contribution in [3.05, 3.63) is 35.4 Å². The monoisotopic (exact) mass is 269 g/mol. The number of benzene rings is 1. The third-order valence-corrected chi connectivity index (χ3v) is 3.31. The molecule has 0 saturated carbocycles. The van der Waals surface area contributed by atoms with E-state index in [4.69, 9.17) is 10.9 Å². The van der Waals surface area contributed by atoms with E-state index in [1.165, 1.54) is 0 Å². The van der Waals surface area contributed by atoms with Gasteiger partial charge in [-0.05, 0) is 24.6 Å². The number of nitrogens with one attached hydrogen (secondary N) is 1. The number of rotatable bonds is 7. The predicted octanol–water partition coefficient (Wildman–Crippen LogP) is 0.639. The second-order valence-electron chi connectivity index (χ2n) is 3.99. The van der Waals surface area contributed by atoms with Crippen molar-refractivity contribution in [1.29, 1.82) is 0 Å². The minimum absolute atomic E-state index is 0.109. The lowest BCUT2D eigenvalue weighted by Crippen LogP contribution is -2.18. The Morgan fingerprint density at radius 1 is 1.56 bits per heavy atom. The predicted molar refractivity (Wildman–Crippen MR) is 74.2 cm³/mol. The summed E-state index contributed by atoms with van der Waals surface area (Å²) in [6.45, 7) is 1.54. The standard InChI is InChI=1S/C12H19N3O2S/c1-18(17)7-3-6-14-9-10-4-2-5-11(8-10)12(13)15-16/h2,4-5,8,14,16H,3,6-7,9H2,1H3,(H2,13,15). The molecule has 1 unspecified atom stereocenters. The van der Waals surface area contributed by atoms with Gasteiger partial charge >= 0.3 is 0 Å². The van der Waals surface area contributed by atoms with Gasteiger partial charge in [0.05, 0.1) is 0 Å². The van der Waals surface area contributed by atoms with Gasteiger partial charge in [-0.2, -0.15) is 0 Å². The molecule has 0 bridgehead atoms. The lowest BCUT2D eigenvalue weighted by Gasteiger charge is -2.06. The SMILES string of the molecule is CS(=O)CCCNCc1cccc(/C(N)=N/O)c1. The van der Waals surface area contributed by atoms with Gasteiger partial charge in [0.2, 0.25) is 0 Å². The van der Waals surface area contributed by atoms with Crippen LogP contribution in [0.25, 0.3) is 0 Å². The van der Waals surface area contributed by atoms with Gasteiger partial charge in [-0.15, -0.1) is 0 Å². The fraction of sp³-hybridized carbons (Fsp3) is 0.417. The molecule has 0 fully saturated rings. The average molecular weight is 269 g/mol. The summed E-state index contributed by atoms with van der Waals surface area (Å²) in [5, 5.41) is 14.8. The highest BCUT2D eigenvalue weighted by atomic mass is 32.2. The molecule has 0 aliphatic carbocycles. The van der Waals surface area contributed by atoms with Crippen LogP contribution in [0.15, 0.2) is 29.4 Å². The van der Waals surface area contributed by atoms with Crippen LogP contribution in [-0.4, -0.2) is 33.8 Å². The second-order valence-corrected chi connectivity index (χ2v) is 5.55. The van der Waals surface area contributed by atoms with Crippen molar-refractivity contribution < 1.29 is 9.42 Å². The van der Waals surface area contributed by atoms with Gasteiger partial charge in [0, 0.05) is 34.9 Å². The third-order valence-electron chi connectivity index (χ3n) is 2.44. The molecule has 0 radical (unpaired) electrons. The number of hydrogen-bond acceptors (Lipinski definition) is 4. The number of nitrogens with two attached hydrogens (primary N) is 1. The Labute approximate surface area is 110 Å². The molecule has 6 heteroatoms. The maximum Gasteiger partial charge on any atom is 0.170 e. The first-order valence-corrected chi connectivity index (χ1v) is 7.44. The Bertz CT molecular complexity index is 435. The highest BCUT2D eigenvalue weighted by Crippen LogP contribution is 2.04. The maximum atomic E-state index is 10.9. The highest BCUT2D eigenvalue weighted by Gasteiger charge is 2.00. The van der Waals surface area contributed by atoms with E-state index in [2.05, 4.69) is 10.5 Å². The molecule has 100 valence electrons. The average Bonchev–Trinajstić information content (AvgIpc) is 2.37. The molecule has 0 aliphatic heterocycles. The molecular formula is C12H19N3O2S. The lowest BCUT2D eigenvalue weighted by molar-refractivity contribution is 0.318. The van der Waals surface area contributed by atoms with Crippen LogP contribution in [-0.2, 0) is 17.3 Å². The van der Waals surface area contributed by atoms with Crippen molar-refractivity contribution in [2.24, 2.45) is 10.9 Å². The van der Waals surface area contributed by atoms with E-state index in [-0.39, 0.29) is 5.84 Å². The van der Waals surface area contributed by atoms with Gasteiger partial charge in [0.25, 0.3) is 0 Å². The normalized spacial score (nSPS) is 13.5. The Balaban J connectivity index is 2.41. The molecule has 1 aromatic carbocycles. The van der Waals surface area contributed by atoms with E-state index in [1.54, 1.807) is 12.3 Å². The first-order valence-electron chi connectivity index (χ1n) is 5.71. The van der Waals surface area contributed by atoms with Crippen LogP contribution < -0.4 is 11.1 Å². The summed E-state index contributed by atoms with van der Waals surface area (Å²) >= 11 is 0. The van der Waals surface area contributed by atoms with Crippen molar-refractivity contribution in [3.8, 4) is 0 Å². The van der Waals surface area contributed by atoms with Crippen LogP contribution in [0.4, 0.5) is 0 Å². The minimum Gasteiger partial charge on any atom is -0.409 e. The molecule has 4 N–H and O–H groups in total. The van der Waals surface area contributed by atoms with Gasteiger partial charge in [-0.25, -0.2) is 0 Å². The molecule has 5 nitrogen and oxygen atoms in total. The van der Waals surface area contributed by atoms with Gasteiger partial charge < -0.3 is 16.3 Å². The van der Waals surface area contributed by atoms with Crippen LogP contribution in [0.2, 0.25) is 0 Å². The molecule has 0 saturated heterocycles. The van der Waals surface area contributed by atoms with Gasteiger partial charge in [-0.1, -0.05) is 23.4 Å². The molecule has 1 atom stereocenters. The highest BCUT2D eigenvalue weighted by molar-refractivity contribution is 7.84. The number of hydrogen-bond donors (Lipinski definition) is 3. The molecule has 1 aromatic rings. The Morgan fingerprint density at radius 3 is 3.00 bits per heavy atom. The fourth-order valence-electron chi connectivity index (χ4n) is 1.53. The zero-order valence-electron chi connectivity index (χ0n) is 10.4. The van der Waals surface area contributed by atoms with Crippen molar-refractivity contribution in [2.45, 2.75) is 13.0 Å². The first-order chi connectivity index (χ1) is 8.63. The molecule has 0 aromatic heterocycles. The topological polar surface area (TPSA) is 87.7 Å². The van der Waals surface area contributed by atoms with Crippen LogP contribution in [0.5, 0.6) is 0 Å². The molecular weight excluding hydrogens is 250 g/mol. The zero-order chi connectivity index (χ0) is 13.4. The smallest absolute Gasteiger partial charge is 0.170 e. The van der Waals surface area contributed by atoms with E-state index in [1.807, 2.05) is 18.2 Å². The zero-order valence-corrected chi connectivity index (χ0v) is 11.2. The Morgan fingerprint density at radius 2 is 2.33 bits per heavy atom. The summed E-state index contributed by atoms with van der Waals surface area (Å²) < 4.78 is 10.9. The molecule has 0 aliphatic rings. The second kappa shape index (κ2) is 7.84. The summed E-state index contributed by atoms with van der Waals surface area (Å²) in [5.41, 5.74) is 7.29. The van der Waals surface area contributed by atoms with Crippen LogP contribution >= 0.6 is 0 Å². The lowest BCUT2D eigenvalue weighted by atomic mass is 10.1. The van der Waals surface area contributed by atoms with Crippen LogP contribution in [0.3, 0.4) is 0 Å². The van der Waals surface area contributed by atoms with Gasteiger partial charge in [-0.3, -0.25) is 4.21 Å². The van der Waals surface area contributed by atoms with E-state index in [9.17, 15) is 4.21 Å². The first kappa shape index (κ1) is 14.7. The molecule has 18 heavy (non-hydrogen) atoms. The van der Waals surface area contributed by atoms with Crippen molar-refractivity contribution in [3.63, 3.8) is 0 Å². The Hall–Kier alpha value is -1.40. The van der Waals surface area contributed by atoms with E-state index < -0.39 is 10.8 Å². The summed E-state index contributed by atoms with van der Waals surface area (Å²) in [5.74, 6) is 0.829. The number of oxime groups is 1. The van der Waals surface area contributed by atoms with Crippen LogP contribution in [0, 0.1) is 0 Å².